The van der Waals surface area contributed by atoms with Gasteiger partial charge in [0.15, 0.2) is 0 Å². The van der Waals surface area contributed by atoms with Crippen molar-refractivity contribution in [3.8, 4) is 0 Å². The number of hydrogen-bond donors (Lipinski definition) is 1. The lowest BCUT2D eigenvalue weighted by molar-refractivity contribution is -0.384. The predicted octanol–water partition coefficient (Wildman–Crippen LogP) is 4.75. The van der Waals surface area contributed by atoms with Crippen molar-refractivity contribution in [2.75, 3.05) is 5.32 Å². The van der Waals surface area contributed by atoms with Gasteiger partial charge in [-0.2, -0.15) is 0 Å². The van der Waals surface area contributed by atoms with Crippen LogP contribution in [-0.4, -0.2) is 16.5 Å². The molecule has 0 radical (unpaired) electrons. The number of nitro groups is 1. The fraction of sp³-hybridized carbons (Fsp3) is 0. The van der Waals surface area contributed by atoms with E-state index in [-0.39, 0.29) is 11.6 Å². The Labute approximate surface area is 161 Å². The van der Waals surface area contributed by atoms with Crippen molar-refractivity contribution in [2.24, 2.45) is 4.99 Å². The Hall–Kier alpha value is -4.06. The van der Waals surface area contributed by atoms with Crippen molar-refractivity contribution >= 4 is 34.8 Å². The minimum atomic E-state index is -0.456. The number of carbonyl (C=O) groups is 1. The van der Waals surface area contributed by atoms with Gasteiger partial charge in [0, 0.05) is 17.7 Å². The molecule has 3 aromatic rings. The minimum absolute atomic E-state index is 0.00294. The second-order valence-corrected chi connectivity index (χ2v) is 6.20. The normalized spacial score (nSPS) is 14.6. The molecule has 1 amide bonds. The number of anilines is 1. The van der Waals surface area contributed by atoms with E-state index in [1.807, 2.05) is 48.5 Å². The molecule has 28 heavy (non-hydrogen) atoms. The number of rotatable bonds is 3. The zero-order valence-electron chi connectivity index (χ0n) is 14.7. The third kappa shape index (κ3) is 3.43. The molecule has 6 nitrogen and oxygen atoms in total. The first-order valence-electron chi connectivity index (χ1n) is 8.63. The van der Waals surface area contributed by atoms with Crippen LogP contribution in [0.4, 0.5) is 17.1 Å². The molecule has 136 valence electrons. The zero-order chi connectivity index (χ0) is 19.5. The van der Waals surface area contributed by atoms with E-state index in [2.05, 4.69) is 5.32 Å². The molecule has 0 aromatic heterocycles. The molecule has 1 aliphatic rings. The number of para-hydroxylation sites is 2. The van der Waals surface area contributed by atoms with Gasteiger partial charge in [0.05, 0.1) is 27.6 Å². The molecule has 0 spiro atoms. The molecular weight excluding hydrogens is 354 g/mol. The van der Waals surface area contributed by atoms with E-state index in [0.717, 1.165) is 5.56 Å². The minimum Gasteiger partial charge on any atom is -0.320 e. The maximum atomic E-state index is 13.0. The Bertz CT molecular complexity index is 1120. The Morgan fingerprint density at radius 3 is 2.29 bits per heavy atom. The van der Waals surface area contributed by atoms with E-state index in [1.165, 1.54) is 12.1 Å². The van der Waals surface area contributed by atoms with Crippen LogP contribution in [0.1, 0.15) is 11.1 Å². The maximum absolute atomic E-state index is 13.0. The number of aliphatic imine (C=N–C) groups is 1. The van der Waals surface area contributed by atoms with Gasteiger partial charge in [0.1, 0.15) is 0 Å². The molecule has 1 heterocycles. The lowest BCUT2D eigenvalue weighted by Gasteiger charge is -2.09. The summed E-state index contributed by atoms with van der Waals surface area (Å²) >= 11 is 0. The average molecular weight is 369 g/mol. The van der Waals surface area contributed by atoms with Crippen LogP contribution in [0.5, 0.6) is 0 Å². The molecule has 0 saturated heterocycles. The van der Waals surface area contributed by atoms with Gasteiger partial charge >= 0.3 is 0 Å². The topological polar surface area (TPSA) is 84.6 Å². The number of carbonyl (C=O) groups excluding carboxylic acids is 1. The van der Waals surface area contributed by atoms with Gasteiger partial charge < -0.3 is 5.32 Å². The molecular formula is C22H15N3O3. The standard InChI is InChI=1S/C22H15N3O3/c26-22-18(14-15-10-12-17(13-11-15)25(27)28)21(16-6-2-1-3-7-16)23-19-8-4-5-9-20(19)24-22/h1-14H,(H,24,26)/b18-14-. The van der Waals surface area contributed by atoms with Crippen molar-refractivity contribution in [3.05, 3.63) is 106 Å². The number of benzene rings is 3. The van der Waals surface area contributed by atoms with Crippen molar-refractivity contribution in [3.63, 3.8) is 0 Å². The second kappa shape index (κ2) is 7.28. The number of non-ortho nitro benzene ring substituents is 1. The van der Waals surface area contributed by atoms with Gasteiger partial charge in [0.2, 0.25) is 0 Å². The molecule has 0 atom stereocenters. The molecule has 1 N–H and O–H groups in total. The summed E-state index contributed by atoms with van der Waals surface area (Å²) in [5, 5.41) is 13.8. The van der Waals surface area contributed by atoms with E-state index >= 15 is 0 Å². The van der Waals surface area contributed by atoms with E-state index in [0.29, 0.717) is 28.2 Å². The summed E-state index contributed by atoms with van der Waals surface area (Å²) in [6, 6.07) is 22.8. The molecule has 0 aliphatic carbocycles. The number of nitrogens with zero attached hydrogens (tertiary/aromatic N) is 2. The van der Waals surface area contributed by atoms with Crippen LogP contribution in [0.15, 0.2) is 89.4 Å². The fourth-order valence-electron chi connectivity index (χ4n) is 2.96. The van der Waals surface area contributed by atoms with Crippen molar-refractivity contribution in [1.82, 2.24) is 0 Å². The Morgan fingerprint density at radius 2 is 1.57 bits per heavy atom. The summed E-state index contributed by atoms with van der Waals surface area (Å²) in [6.45, 7) is 0. The lowest BCUT2D eigenvalue weighted by Crippen LogP contribution is -2.19. The smallest absolute Gasteiger partial charge is 0.269 e. The van der Waals surface area contributed by atoms with Crippen LogP contribution in [-0.2, 0) is 4.79 Å². The van der Waals surface area contributed by atoms with Crippen LogP contribution in [0.2, 0.25) is 0 Å². The third-order valence-corrected chi connectivity index (χ3v) is 4.35. The fourth-order valence-corrected chi connectivity index (χ4v) is 2.96. The first kappa shape index (κ1) is 17.4. The largest absolute Gasteiger partial charge is 0.320 e. The molecule has 0 saturated carbocycles. The number of nitro benzene ring substituents is 1. The van der Waals surface area contributed by atoms with Gasteiger partial charge in [0.25, 0.3) is 11.6 Å². The maximum Gasteiger partial charge on any atom is 0.269 e. The quantitative estimate of drug-likeness (QED) is 0.411. The van der Waals surface area contributed by atoms with Gasteiger partial charge in [-0.3, -0.25) is 14.9 Å². The summed E-state index contributed by atoms with van der Waals surface area (Å²) in [4.78, 5) is 28.1. The van der Waals surface area contributed by atoms with E-state index in [9.17, 15) is 14.9 Å². The zero-order valence-corrected chi connectivity index (χ0v) is 14.7. The number of nitrogens with one attached hydrogen (secondary N) is 1. The predicted molar refractivity (Wildman–Crippen MR) is 109 cm³/mol. The second-order valence-electron chi connectivity index (χ2n) is 6.20. The molecule has 0 unspecified atom stereocenters. The summed E-state index contributed by atoms with van der Waals surface area (Å²) < 4.78 is 0. The Kier molecular flexibility index (Phi) is 4.51. The van der Waals surface area contributed by atoms with Gasteiger partial charge in [-0.05, 0) is 35.9 Å². The van der Waals surface area contributed by atoms with E-state index in [1.54, 1.807) is 24.3 Å². The molecule has 6 heteroatoms. The number of hydrogen-bond acceptors (Lipinski definition) is 4. The van der Waals surface area contributed by atoms with Crippen molar-refractivity contribution < 1.29 is 9.72 Å². The first-order valence-corrected chi connectivity index (χ1v) is 8.63. The summed E-state index contributed by atoms with van der Waals surface area (Å²) in [5.41, 5.74) is 3.71. The van der Waals surface area contributed by atoms with Crippen LogP contribution >= 0.6 is 0 Å². The summed E-state index contributed by atoms with van der Waals surface area (Å²) in [7, 11) is 0. The van der Waals surface area contributed by atoms with Gasteiger partial charge in [-0.1, -0.05) is 42.5 Å². The highest BCUT2D eigenvalue weighted by Crippen LogP contribution is 2.31. The third-order valence-electron chi connectivity index (χ3n) is 4.35. The molecule has 4 rings (SSSR count). The SMILES string of the molecule is O=C1Nc2ccccc2N=C(c2ccccc2)/C1=C/c1ccc([N+](=O)[O-])cc1. The number of amides is 1. The van der Waals surface area contributed by atoms with E-state index in [4.69, 9.17) is 4.99 Å². The molecule has 1 aliphatic heterocycles. The summed E-state index contributed by atoms with van der Waals surface area (Å²) in [6.07, 6.45) is 1.69. The Balaban J connectivity index is 1.86. The van der Waals surface area contributed by atoms with Crippen LogP contribution in [0.25, 0.3) is 6.08 Å². The van der Waals surface area contributed by atoms with Crippen molar-refractivity contribution in [2.45, 2.75) is 0 Å². The molecule has 3 aromatic carbocycles. The van der Waals surface area contributed by atoms with Crippen LogP contribution < -0.4 is 5.32 Å². The summed E-state index contributed by atoms with van der Waals surface area (Å²) in [5.74, 6) is -0.286. The number of fused-ring (bicyclic) bond motifs is 1. The van der Waals surface area contributed by atoms with E-state index < -0.39 is 4.92 Å². The highest BCUT2D eigenvalue weighted by Gasteiger charge is 2.23. The lowest BCUT2D eigenvalue weighted by atomic mass is 9.99. The molecule has 0 bridgehead atoms. The average Bonchev–Trinajstić information content (AvgIpc) is 2.85. The Morgan fingerprint density at radius 1 is 0.893 bits per heavy atom. The highest BCUT2D eigenvalue weighted by molar-refractivity contribution is 6.35. The monoisotopic (exact) mass is 369 g/mol. The molecule has 0 fully saturated rings. The van der Waals surface area contributed by atoms with Crippen LogP contribution in [0.3, 0.4) is 0 Å². The first-order chi connectivity index (χ1) is 13.6. The van der Waals surface area contributed by atoms with Gasteiger partial charge in [-0.15, -0.1) is 0 Å². The van der Waals surface area contributed by atoms with Crippen LogP contribution in [0, 0.1) is 10.1 Å². The van der Waals surface area contributed by atoms with Crippen molar-refractivity contribution in [1.29, 1.82) is 0 Å². The van der Waals surface area contributed by atoms with Gasteiger partial charge in [-0.25, -0.2) is 4.99 Å². The highest BCUT2D eigenvalue weighted by atomic mass is 16.6.